The summed E-state index contributed by atoms with van der Waals surface area (Å²) in [4.78, 5) is 0. The minimum atomic E-state index is -0.589. The fourth-order valence-corrected chi connectivity index (χ4v) is 2.31. The van der Waals surface area contributed by atoms with E-state index in [9.17, 15) is 8.78 Å². The second-order valence-corrected chi connectivity index (χ2v) is 5.04. The zero-order valence-corrected chi connectivity index (χ0v) is 12.0. The van der Waals surface area contributed by atoms with Crippen molar-refractivity contribution in [2.24, 2.45) is 0 Å². The Balaban J connectivity index is 2.40. The predicted octanol–water partition coefficient (Wildman–Crippen LogP) is 4.41. The number of benzene rings is 1. The molecule has 0 aliphatic rings. The molecule has 1 unspecified atom stereocenters. The van der Waals surface area contributed by atoms with Crippen LogP contribution in [0.25, 0.3) is 0 Å². The van der Waals surface area contributed by atoms with Crippen LogP contribution in [0.1, 0.15) is 30.7 Å². The molecule has 2 aromatic rings. The zero-order valence-electron chi connectivity index (χ0n) is 10.4. The van der Waals surface area contributed by atoms with Crippen LogP contribution < -0.4 is 5.32 Å². The topological polar surface area (TPSA) is 25.2 Å². The van der Waals surface area contributed by atoms with Crippen molar-refractivity contribution >= 4 is 15.9 Å². The monoisotopic (exact) mass is 329 g/mol. The maximum Gasteiger partial charge on any atom is 0.139 e. The van der Waals surface area contributed by atoms with Crippen molar-refractivity contribution in [1.82, 2.24) is 5.32 Å². The van der Waals surface area contributed by atoms with Crippen LogP contribution in [0, 0.1) is 11.6 Å². The number of furan rings is 1. The molecule has 0 aliphatic carbocycles. The van der Waals surface area contributed by atoms with Gasteiger partial charge in [-0.05, 0) is 41.0 Å². The van der Waals surface area contributed by atoms with Gasteiger partial charge >= 0.3 is 0 Å². The smallest absolute Gasteiger partial charge is 0.139 e. The lowest BCUT2D eigenvalue weighted by molar-refractivity contribution is 0.432. The number of halogens is 3. The van der Waals surface area contributed by atoms with E-state index in [1.807, 2.05) is 6.92 Å². The van der Waals surface area contributed by atoms with Crippen molar-refractivity contribution in [3.05, 3.63) is 58.0 Å². The Morgan fingerprint density at radius 3 is 2.68 bits per heavy atom. The summed E-state index contributed by atoms with van der Waals surface area (Å²) in [5.74, 6) is -0.593. The van der Waals surface area contributed by atoms with Gasteiger partial charge in [0.05, 0.1) is 16.8 Å². The van der Waals surface area contributed by atoms with Crippen LogP contribution in [0.3, 0.4) is 0 Å². The van der Waals surface area contributed by atoms with E-state index < -0.39 is 17.7 Å². The van der Waals surface area contributed by atoms with E-state index in [4.69, 9.17) is 4.42 Å². The largest absolute Gasteiger partial charge is 0.466 e. The highest BCUT2D eigenvalue weighted by Gasteiger charge is 2.22. The van der Waals surface area contributed by atoms with Crippen molar-refractivity contribution in [3.8, 4) is 0 Å². The van der Waals surface area contributed by atoms with E-state index in [1.165, 1.54) is 18.4 Å². The molecular weight excluding hydrogens is 316 g/mol. The Labute approximate surface area is 118 Å². The maximum absolute atomic E-state index is 13.9. The summed E-state index contributed by atoms with van der Waals surface area (Å²) in [6.45, 7) is 2.72. The quantitative estimate of drug-likeness (QED) is 0.878. The van der Waals surface area contributed by atoms with Gasteiger partial charge < -0.3 is 9.73 Å². The standard InChI is InChI=1S/C14H14BrF2NO/c1-2-6-18-13(14-11(15)5-7-19-14)10-4-3-9(16)8-12(10)17/h3-5,7-8,13,18H,2,6H2,1H3. The Morgan fingerprint density at radius 1 is 1.32 bits per heavy atom. The lowest BCUT2D eigenvalue weighted by Gasteiger charge is -2.18. The lowest BCUT2D eigenvalue weighted by Crippen LogP contribution is -2.24. The van der Waals surface area contributed by atoms with Crippen LogP contribution in [0.15, 0.2) is 39.4 Å². The molecule has 1 aromatic heterocycles. The normalized spacial score (nSPS) is 12.6. The molecule has 1 heterocycles. The first-order valence-electron chi connectivity index (χ1n) is 6.04. The van der Waals surface area contributed by atoms with Crippen LogP contribution in [0.2, 0.25) is 0 Å². The summed E-state index contributed by atoms with van der Waals surface area (Å²) in [5.41, 5.74) is 0.366. The Hall–Kier alpha value is -1.20. The molecule has 0 radical (unpaired) electrons. The van der Waals surface area contributed by atoms with Crippen LogP contribution in [0.4, 0.5) is 8.78 Å². The molecule has 0 spiro atoms. The summed E-state index contributed by atoms with van der Waals surface area (Å²) < 4.78 is 33.1. The number of nitrogens with one attached hydrogen (secondary N) is 1. The van der Waals surface area contributed by atoms with Crippen LogP contribution in [-0.4, -0.2) is 6.54 Å². The molecule has 2 rings (SSSR count). The van der Waals surface area contributed by atoms with Crippen LogP contribution in [0.5, 0.6) is 0 Å². The third kappa shape index (κ3) is 3.22. The third-order valence-corrected chi connectivity index (χ3v) is 3.43. The first-order valence-corrected chi connectivity index (χ1v) is 6.84. The highest BCUT2D eigenvalue weighted by Crippen LogP contribution is 2.31. The van der Waals surface area contributed by atoms with Gasteiger partial charge in [-0.15, -0.1) is 0 Å². The van der Waals surface area contributed by atoms with Crippen molar-refractivity contribution in [2.75, 3.05) is 6.54 Å². The van der Waals surface area contributed by atoms with Crippen LogP contribution in [-0.2, 0) is 0 Å². The molecular formula is C14H14BrF2NO. The Morgan fingerprint density at radius 2 is 2.11 bits per heavy atom. The summed E-state index contributed by atoms with van der Waals surface area (Å²) in [7, 11) is 0. The highest BCUT2D eigenvalue weighted by molar-refractivity contribution is 9.10. The molecule has 0 fully saturated rings. The van der Waals surface area contributed by atoms with Gasteiger partial charge in [0.15, 0.2) is 0 Å². The molecule has 0 bridgehead atoms. The van der Waals surface area contributed by atoms with Gasteiger partial charge in [0.1, 0.15) is 17.4 Å². The molecule has 19 heavy (non-hydrogen) atoms. The highest BCUT2D eigenvalue weighted by atomic mass is 79.9. The number of hydrogen-bond acceptors (Lipinski definition) is 2. The summed E-state index contributed by atoms with van der Waals surface area (Å²) >= 11 is 3.36. The fraction of sp³-hybridized carbons (Fsp3) is 0.286. The molecule has 102 valence electrons. The SMILES string of the molecule is CCCNC(c1ccc(F)cc1F)c1occc1Br. The summed E-state index contributed by atoms with van der Waals surface area (Å²) in [5, 5.41) is 3.20. The third-order valence-electron chi connectivity index (χ3n) is 2.78. The molecule has 0 aliphatic heterocycles. The van der Waals surface area contributed by atoms with Crippen molar-refractivity contribution < 1.29 is 13.2 Å². The first kappa shape index (κ1) is 14.2. The maximum atomic E-state index is 13.9. The van der Waals surface area contributed by atoms with Gasteiger partial charge in [-0.25, -0.2) is 8.78 Å². The Kier molecular flexibility index (Phi) is 4.71. The van der Waals surface area contributed by atoms with Gasteiger partial charge in [0.2, 0.25) is 0 Å². The first-order chi connectivity index (χ1) is 9.13. The van der Waals surface area contributed by atoms with E-state index in [0.29, 0.717) is 17.9 Å². The molecule has 0 amide bonds. The summed E-state index contributed by atoms with van der Waals surface area (Å²) in [6, 6.07) is 4.87. The predicted molar refractivity (Wildman–Crippen MR) is 72.9 cm³/mol. The molecule has 1 aromatic carbocycles. The second-order valence-electron chi connectivity index (χ2n) is 4.19. The van der Waals surface area contributed by atoms with E-state index in [-0.39, 0.29) is 0 Å². The van der Waals surface area contributed by atoms with Gasteiger partial charge in [-0.1, -0.05) is 13.0 Å². The van der Waals surface area contributed by atoms with E-state index in [2.05, 4.69) is 21.2 Å². The zero-order chi connectivity index (χ0) is 13.8. The summed E-state index contributed by atoms with van der Waals surface area (Å²) in [6.07, 6.45) is 2.43. The molecule has 2 nitrogen and oxygen atoms in total. The minimum Gasteiger partial charge on any atom is -0.466 e. The molecule has 0 saturated carbocycles. The second kappa shape index (κ2) is 6.30. The van der Waals surface area contributed by atoms with Crippen molar-refractivity contribution in [2.45, 2.75) is 19.4 Å². The minimum absolute atomic E-state index is 0.366. The Bertz CT molecular complexity index is 556. The average molecular weight is 330 g/mol. The van der Waals surface area contributed by atoms with E-state index in [1.54, 1.807) is 6.07 Å². The molecule has 1 N–H and O–H groups in total. The van der Waals surface area contributed by atoms with Crippen molar-refractivity contribution in [3.63, 3.8) is 0 Å². The van der Waals surface area contributed by atoms with E-state index >= 15 is 0 Å². The fourth-order valence-electron chi connectivity index (χ4n) is 1.88. The lowest BCUT2D eigenvalue weighted by atomic mass is 10.0. The van der Waals surface area contributed by atoms with Gasteiger partial charge in [-0.3, -0.25) is 0 Å². The molecule has 1 atom stereocenters. The molecule has 0 saturated heterocycles. The van der Waals surface area contributed by atoms with Gasteiger partial charge in [0.25, 0.3) is 0 Å². The van der Waals surface area contributed by atoms with Gasteiger partial charge in [-0.2, -0.15) is 0 Å². The van der Waals surface area contributed by atoms with E-state index in [0.717, 1.165) is 17.0 Å². The molecule has 5 heteroatoms. The number of hydrogen-bond donors (Lipinski definition) is 1. The van der Waals surface area contributed by atoms with Crippen molar-refractivity contribution in [1.29, 1.82) is 0 Å². The van der Waals surface area contributed by atoms with Gasteiger partial charge in [0, 0.05) is 11.6 Å². The number of rotatable bonds is 5. The average Bonchev–Trinajstić information content (AvgIpc) is 2.78. The van der Waals surface area contributed by atoms with Crippen LogP contribution >= 0.6 is 15.9 Å².